The van der Waals surface area contributed by atoms with Crippen molar-refractivity contribution in [1.29, 1.82) is 0 Å². The van der Waals surface area contributed by atoms with E-state index < -0.39 is 6.04 Å². The second kappa shape index (κ2) is 4.67. The summed E-state index contributed by atoms with van der Waals surface area (Å²) >= 11 is 3.27. The number of hydrogen-bond acceptors (Lipinski definition) is 3. The highest BCUT2D eigenvalue weighted by Crippen LogP contribution is 2.23. The van der Waals surface area contributed by atoms with Gasteiger partial charge in [0.1, 0.15) is 11.6 Å². The summed E-state index contributed by atoms with van der Waals surface area (Å²) in [5.41, 5.74) is 6.28. The van der Waals surface area contributed by atoms with Gasteiger partial charge in [-0.25, -0.2) is 14.4 Å². The summed E-state index contributed by atoms with van der Waals surface area (Å²) in [5.74, 6) is 0.0441. The molecule has 1 heterocycles. The Morgan fingerprint density at radius 2 is 1.94 bits per heavy atom. The van der Waals surface area contributed by atoms with E-state index >= 15 is 0 Å². The van der Waals surface area contributed by atoms with Gasteiger partial charge in [-0.15, -0.1) is 0 Å². The topological polar surface area (TPSA) is 51.8 Å². The van der Waals surface area contributed by atoms with Crippen LogP contribution >= 0.6 is 15.9 Å². The molecule has 0 aliphatic heterocycles. The first-order valence-corrected chi connectivity index (χ1v) is 5.45. The number of nitrogens with zero attached hydrogens (tertiary/aromatic N) is 2. The summed E-state index contributed by atoms with van der Waals surface area (Å²) in [5, 5.41) is 0. The summed E-state index contributed by atoms with van der Waals surface area (Å²) in [4.78, 5) is 8.02. The van der Waals surface area contributed by atoms with Crippen LogP contribution in [-0.4, -0.2) is 9.97 Å². The fraction of sp³-hybridized carbons (Fsp3) is 0.0909. The Labute approximate surface area is 101 Å². The van der Waals surface area contributed by atoms with E-state index in [2.05, 4.69) is 25.9 Å². The molecule has 0 aliphatic rings. The SMILES string of the molecule is NC(c1ncccn1)c1cc(Br)ccc1F. The maximum absolute atomic E-state index is 13.5. The summed E-state index contributed by atoms with van der Waals surface area (Å²) in [6, 6.07) is 5.66. The lowest BCUT2D eigenvalue weighted by atomic mass is 10.1. The normalized spacial score (nSPS) is 12.4. The second-order valence-corrected chi connectivity index (χ2v) is 4.17. The molecule has 16 heavy (non-hydrogen) atoms. The average molecular weight is 282 g/mol. The predicted octanol–water partition coefficient (Wildman–Crippen LogP) is 2.43. The maximum atomic E-state index is 13.5. The predicted molar refractivity (Wildman–Crippen MR) is 62.2 cm³/mol. The molecule has 5 heteroatoms. The van der Waals surface area contributed by atoms with Crippen LogP contribution in [0.2, 0.25) is 0 Å². The number of aromatic nitrogens is 2. The van der Waals surface area contributed by atoms with Gasteiger partial charge >= 0.3 is 0 Å². The molecule has 0 saturated carbocycles. The third kappa shape index (κ3) is 2.25. The van der Waals surface area contributed by atoms with Crippen LogP contribution in [0.5, 0.6) is 0 Å². The molecular formula is C11H9BrFN3. The van der Waals surface area contributed by atoms with Crippen molar-refractivity contribution >= 4 is 15.9 Å². The first-order chi connectivity index (χ1) is 7.68. The van der Waals surface area contributed by atoms with Crippen LogP contribution in [0.15, 0.2) is 41.1 Å². The summed E-state index contributed by atoms with van der Waals surface area (Å²) in [6.45, 7) is 0. The standard InChI is InChI=1S/C11H9BrFN3/c12-7-2-3-9(13)8(6-7)10(14)11-15-4-1-5-16-11/h1-6,10H,14H2. The van der Waals surface area contributed by atoms with Crippen molar-refractivity contribution in [3.63, 3.8) is 0 Å². The first kappa shape index (κ1) is 11.2. The van der Waals surface area contributed by atoms with Gasteiger partial charge < -0.3 is 5.73 Å². The zero-order valence-electron chi connectivity index (χ0n) is 8.27. The molecule has 0 fully saturated rings. The van der Waals surface area contributed by atoms with E-state index in [0.29, 0.717) is 11.4 Å². The molecule has 2 rings (SSSR count). The molecule has 2 aromatic rings. The molecule has 2 N–H and O–H groups in total. The van der Waals surface area contributed by atoms with Crippen molar-refractivity contribution in [2.45, 2.75) is 6.04 Å². The van der Waals surface area contributed by atoms with Gasteiger partial charge in [-0.3, -0.25) is 0 Å². The van der Waals surface area contributed by atoms with Crippen LogP contribution in [0.25, 0.3) is 0 Å². The number of halogens is 2. The Hall–Kier alpha value is -1.33. The van der Waals surface area contributed by atoms with Crippen molar-refractivity contribution in [2.75, 3.05) is 0 Å². The van der Waals surface area contributed by atoms with Gasteiger partial charge in [-0.05, 0) is 24.3 Å². The van der Waals surface area contributed by atoms with E-state index in [9.17, 15) is 4.39 Å². The van der Waals surface area contributed by atoms with Crippen LogP contribution in [-0.2, 0) is 0 Å². The van der Waals surface area contributed by atoms with E-state index in [4.69, 9.17) is 5.73 Å². The van der Waals surface area contributed by atoms with Gasteiger partial charge in [0.25, 0.3) is 0 Å². The van der Waals surface area contributed by atoms with E-state index in [1.54, 1.807) is 30.6 Å². The molecule has 1 unspecified atom stereocenters. The molecule has 1 aromatic heterocycles. The maximum Gasteiger partial charge on any atom is 0.149 e. The Kier molecular flexibility index (Phi) is 3.26. The Morgan fingerprint density at radius 3 is 2.62 bits per heavy atom. The fourth-order valence-electron chi connectivity index (χ4n) is 1.36. The van der Waals surface area contributed by atoms with E-state index in [1.807, 2.05) is 0 Å². The monoisotopic (exact) mass is 281 g/mol. The smallest absolute Gasteiger partial charge is 0.149 e. The minimum atomic E-state index is -0.654. The quantitative estimate of drug-likeness (QED) is 0.920. The molecule has 1 atom stereocenters. The Morgan fingerprint density at radius 1 is 1.25 bits per heavy atom. The molecule has 0 aliphatic carbocycles. The molecule has 3 nitrogen and oxygen atoms in total. The van der Waals surface area contributed by atoms with Crippen LogP contribution in [0.4, 0.5) is 4.39 Å². The van der Waals surface area contributed by atoms with Crippen molar-refractivity contribution in [2.24, 2.45) is 5.73 Å². The van der Waals surface area contributed by atoms with Gasteiger partial charge in [-0.1, -0.05) is 15.9 Å². The Balaban J connectivity index is 2.41. The lowest BCUT2D eigenvalue weighted by molar-refractivity contribution is 0.593. The lowest BCUT2D eigenvalue weighted by Gasteiger charge is -2.11. The number of hydrogen-bond donors (Lipinski definition) is 1. The number of benzene rings is 1. The number of nitrogens with two attached hydrogens (primary N) is 1. The first-order valence-electron chi connectivity index (χ1n) is 4.66. The minimum Gasteiger partial charge on any atom is -0.318 e. The molecule has 0 spiro atoms. The summed E-state index contributed by atoms with van der Waals surface area (Å²) in [6.07, 6.45) is 3.16. The number of rotatable bonds is 2. The largest absolute Gasteiger partial charge is 0.318 e. The Bertz CT molecular complexity index is 490. The zero-order chi connectivity index (χ0) is 11.5. The van der Waals surface area contributed by atoms with Gasteiger partial charge in [0.15, 0.2) is 0 Å². The highest BCUT2D eigenvalue weighted by atomic mass is 79.9. The zero-order valence-corrected chi connectivity index (χ0v) is 9.86. The molecule has 0 bridgehead atoms. The highest BCUT2D eigenvalue weighted by molar-refractivity contribution is 9.10. The summed E-state index contributed by atoms with van der Waals surface area (Å²) < 4.78 is 14.3. The van der Waals surface area contributed by atoms with E-state index in [-0.39, 0.29) is 5.82 Å². The molecule has 82 valence electrons. The average Bonchev–Trinajstić information content (AvgIpc) is 2.32. The van der Waals surface area contributed by atoms with Gasteiger partial charge in [0.2, 0.25) is 0 Å². The van der Waals surface area contributed by atoms with Crippen LogP contribution in [0.3, 0.4) is 0 Å². The van der Waals surface area contributed by atoms with Gasteiger partial charge in [-0.2, -0.15) is 0 Å². The minimum absolute atomic E-state index is 0.358. The van der Waals surface area contributed by atoms with Crippen LogP contribution in [0.1, 0.15) is 17.4 Å². The van der Waals surface area contributed by atoms with Crippen molar-refractivity contribution in [3.05, 3.63) is 58.3 Å². The van der Waals surface area contributed by atoms with Gasteiger partial charge in [0.05, 0.1) is 6.04 Å². The van der Waals surface area contributed by atoms with E-state index in [0.717, 1.165) is 4.47 Å². The third-order valence-electron chi connectivity index (χ3n) is 2.16. The molecule has 0 amide bonds. The van der Waals surface area contributed by atoms with E-state index in [1.165, 1.54) is 6.07 Å². The fourth-order valence-corrected chi connectivity index (χ4v) is 1.74. The lowest BCUT2D eigenvalue weighted by Crippen LogP contribution is -2.16. The van der Waals surface area contributed by atoms with Crippen LogP contribution < -0.4 is 5.73 Å². The molecular weight excluding hydrogens is 273 g/mol. The van der Waals surface area contributed by atoms with Gasteiger partial charge in [0, 0.05) is 22.4 Å². The van der Waals surface area contributed by atoms with Crippen LogP contribution in [0, 0.1) is 5.82 Å². The van der Waals surface area contributed by atoms with Crippen molar-refractivity contribution < 1.29 is 4.39 Å². The summed E-state index contributed by atoms with van der Waals surface area (Å²) in [7, 11) is 0. The highest BCUT2D eigenvalue weighted by Gasteiger charge is 2.15. The van der Waals surface area contributed by atoms with Crippen molar-refractivity contribution in [3.8, 4) is 0 Å². The second-order valence-electron chi connectivity index (χ2n) is 3.25. The third-order valence-corrected chi connectivity index (χ3v) is 2.65. The molecule has 0 saturated heterocycles. The molecule has 1 aromatic carbocycles. The molecule has 0 radical (unpaired) electrons. The van der Waals surface area contributed by atoms with Crippen molar-refractivity contribution in [1.82, 2.24) is 9.97 Å².